The van der Waals surface area contributed by atoms with Crippen LogP contribution in [0.25, 0.3) is 0 Å². The Morgan fingerprint density at radius 1 is 1.38 bits per heavy atom. The number of aromatic amines is 1. The molecule has 2 aliphatic rings. The van der Waals surface area contributed by atoms with Crippen molar-refractivity contribution in [3.63, 3.8) is 0 Å². The summed E-state index contributed by atoms with van der Waals surface area (Å²) >= 11 is 0. The van der Waals surface area contributed by atoms with E-state index in [0.29, 0.717) is 13.0 Å². The number of rotatable bonds is 4. The van der Waals surface area contributed by atoms with Crippen molar-refractivity contribution in [3.8, 4) is 0 Å². The quantitative estimate of drug-likeness (QED) is 0.784. The number of hydrogen-bond donors (Lipinski definition) is 3. The number of carbonyl (C=O) groups excluding carboxylic acids is 2. The minimum absolute atomic E-state index is 0.00268. The first-order chi connectivity index (χ1) is 11.7. The number of H-pyrrole nitrogens is 1. The highest BCUT2D eigenvalue weighted by Gasteiger charge is 2.31. The fourth-order valence-electron chi connectivity index (χ4n) is 3.28. The van der Waals surface area contributed by atoms with Gasteiger partial charge in [-0.2, -0.15) is 5.10 Å². The van der Waals surface area contributed by atoms with E-state index in [0.717, 1.165) is 28.9 Å². The van der Waals surface area contributed by atoms with Gasteiger partial charge < -0.3 is 15.4 Å². The molecule has 2 aromatic rings. The number of hydrogen-bond acceptors (Lipinski definition) is 4. The maximum absolute atomic E-state index is 12.4. The topological polar surface area (TPSA) is 96.1 Å². The second-order valence-corrected chi connectivity index (χ2v) is 6.16. The molecule has 0 spiro atoms. The van der Waals surface area contributed by atoms with Gasteiger partial charge in [-0.05, 0) is 29.7 Å². The van der Waals surface area contributed by atoms with Crippen LogP contribution in [0.15, 0.2) is 30.5 Å². The van der Waals surface area contributed by atoms with Gasteiger partial charge in [0.15, 0.2) is 0 Å². The molecule has 2 amide bonds. The van der Waals surface area contributed by atoms with E-state index in [-0.39, 0.29) is 30.4 Å². The Bertz CT molecular complexity index is 772. The molecule has 2 aliphatic heterocycles. The molecule has 4 rings (SSSR count). The van der Waals surface area contributed by atoms with Gasteiger partial charge in [-0.25, -0.2) is 0 Å². The molecule has 1 saturated heterocycles. The normalized spacial score (nSPS) is 22.2. The lowest BCUT2D eigenvalue weighted by Gasteiger charge is -2.18. The summed E-state index contributed by atoms with van der Waals surface area (Å²) < 4.78 is 5.70. The van der Waals surface area contributed by atoms with Crippen molar-refractivity contribution < 1.29 is 14.3 Å². The number of ether oxygens (including phenoxy) is 1. The molecule has 3 heterocycles. The standard InChI is InChI=1S/C17H18N4O3/c22-15(8-10-1-2-11-9-16(23)20-14(11)7-10)19-12-4-6-24-17(12)13-3-5-18-21-13/h1-3,5,7,12,17H,4,6,8-9H2,(H,18,21)(H,19,22)(H,20,23)/t12-,17-/m0/s1. The van der Waals surface area contributed by atoms with Crippen molar-refractivity contribution in [1.29, 1.82) is 0 Å². The Labute approximate surface area is 138 Å². The molecule has 124 valence electrons. The van der Waals surface area contributed by atoms with E-state index in [2.05, 4.69) is 20.8 Å². The van der Waals surface area contributed by atoms with E-state index in [9.17, 15) is 9.59 Å². The first-order valence-electron chi connectivity index (χ1n) is 8.01. The zero-order valence-corrected chi connectivity index (χ0v) is 13.0. The van der Waals surface area contributed by atoms with Crippen LogP contribution in [-0.2, 0) is 27.2 Å². The highest BCUT2D eigenvalue weighted by atomic mass is 16.5. The fourth-order valence-corrected chi connectivity index (χ4v) is 3.28. The fraction of sp³-hybridized carbons (Fsp3) is 0.353. The van der Waals surface area contributed by atoms with Crippen molar-refractivity contribution in [2.75, 3.05) is 11.9 Å². The van der Waals surface area contributed by atoms with E-state index < -0.39 is 0 Å². The summed E-state index contributed by atoms with van der Waals surface area (Å²) in [5.41, 5.74) is 3.54. The molecule has 2 atom stereocenters. The van der Waals surface area contributed by atoms with E-state index in [1.54, 1.807) is 6.20 Å². The van der Waals surface area contributed by atoms with E-state index >= 15 is 0 Å². The molecule has 7 heteroatoms. The third-order valence-electron chi connectivity index (χ3n) is 4.43. The molecule has 1 aromatic carbocycles. The van der Waals surface area contributed by atoms with Gasteiger partial charge in [0, 0.05) is 18.5 Å². The van der Waals surface area contributed by atoms with E-state index in [1.807, 2.05) is 24.3 Å². The van der Waals surface area contributed by atoms with Crippen molar-refractivity contribution in [2.45, 2.75) is 31.4 Å². The molecule has 1 aromatic heterocycles. The van der Waals surface area contributed by atoms with Crippen LogP contribution < -0.4 is 10.6 Å². The Balaban J connectivity index is 1.40. The first-order valence-corrected chi connectivity index (χ1v) is 8.01. The highest BCUT2D eigenvalue weighted by Crippen LogP contribution is 2.28. The summed E-state index contributed by atoms with van der Waals surface area (Å²) in [5, 5.41) is 12.7. The van der Waals surface area contributed by atoms with Crippen LogP contribution in [0.1, 0.15) is 29.3 Å². The number of nitrogens with zero attached hydrogens (tertiary/aromatic N) is 1. The lowest BCUT2D eigenvalue weighted by molar-refractivity contribution is -0.121. The number of fused-ring (bicyclic) bond motifs is 1. The van der Waals surface area contributed by atoms with Crippen LogP contribution in [0, 0.1) is 0 Å². The minimum atomic E-state index is -0.184. The maximum atomic E-state index is 12.4. The van der Waals surface area contributed by atoms with Crippen LogP contribution in [0.3, 0.4) is 0 Å². The molecule has 24 heavy (non-hydrogen) atoms. The van der Waals surface area contributed by atoms with Gasteiger partial charge in [0.25, 0.3) is 0 Å². The van der Waals surface area contributed by atoms with Gasteiger partial charge in [-0.1, -0.05) is 12.1 Å². The average Bonchev–Trinajstić information content (AvgIpc) is 3.25. The van der Waals surface area contributed by atoms with Crippen LogP contribution in [-0.4, -0.2) is 34.7 Å². The summed E-state index contributed by atoms with van der Waals surface area (Å²) in [6.07, 6.45) is 2.95. The molecule has 0 saturated carbocycles. The third-order valence-corrected chi connectivity index (χ3v) is 4.43. The van der Waals surface area contributed by atoms with Crippen LogP contribution in [0.2, 0.25) is 0 Å². The summed E-state index contributed by atoms with van der Waals surface area (Å²) in [6, 6.07) is 7.47. The van der Waals surface area contributed by atoms with E-state index in [4.69, 9.17) is 4.74 Å². The van der Waals surface area contributed by atoms with Gasteiger partial charge >= 0.3 is 0 Å². The minimum Gasteiger partial charge on any atom is -0.370 e. The zero-order valence-electron chi connectivity index (χ0n) is 13.0. The molecule has 1 fully saturated rings. The molecule has 0 bridgehead atoms. The summed E-state index contributed by atoms with van der Waals surface area (Å²) in [5.74, 6) is -0.0589. The molecule has 7 nitrogen and oxygen atoms in total. The van der Waals surface area contributed by atoms with Crippen molar-refractivity contribution in [2.24, 2.45) is 0 Å². The molecule has 0 aliphatic carbocycles. The Kier molecular flexibility index (Phi) is 3.78. The predicted molar refractivity (Wildman–Crippen MR) is 86.3 cm³/mol. The summed E-state index contributed by atoms with van der Waals surface area (Å²) in [4.78, 5) is 23.8. The lowest BCUT2D eigenvalue weighted by atomic mass is 10.0. The molecule has 0 radical (unpaired) electrons. The summed E-state index contributed by atoms with van der Waals surface area (Å²) in [7, 11) is 0. The Hall–Kier alpha value is -2.67. The molecular formula is C17H18N4O3. The van der Waals surface area contributed by atoms with Gasteiger partial charge in [0.1, 0.15) is 6.10 Å². The van der Waals surface area contributed by atoms with Crippen molar-refractivity contribution in [3.05, 3.63) is 47.3 Å². The highest BCUT2D eigenvalue weighted by molar-refractivity contribution is 5.99. The largest absolute Gasteiger partial charge is 0.370 e. The lowest BCUT2D eigenvalue weighted by Crippen LogP contribution is -2.37. The summed E-state index contributed by atoms with van der Waals surface area (Å²) in [6.45, 7) is 0.611. The maximum Gasteiger partial charge on any atom is 0.228 e. The third kappa shape index (κ3) is 2.90. The molecular weight excluding hydrogens is 308 g/mol. The average molecular weight is 326 g/mol. The number of nitrogens with one attached hydrogen (secondary N) is 3. The SMILES string of the molecule is O=C1Cc2ccc(CC(=O)N[C@H]3CCO[C@@H]3c3ccn[nH]3)cc2N1. The Morgan fingerprint density at radius 2 is 2.29 bits per heavy atom. The smallest absolute Gasteiger partial charge is 0.228 e. The second-order valence-electron chi connectivity index (χ2n) is 6.16. The number of carbonyl (C=O) groups is 2. The predicted octanol–water partition coefficient (Wildman–Crippen LogP) is 1.09. The number of aromatic nitrogens is 2. The van der Waals surface area contributed by atoms with Gasteiger partial charge in [-0.15, -0.1) is 0 Å². The van der Waals surface area contributed by atoms with Gasteiger partial charge in [-0.3, -0.25) is 14.7 Å². The van der Waals surface area contributed by atoms with Gasteiger partial charge in [0.05, 0.1) is 24.6 Å². The van der Waals surface area contributed by atoms with Crippen LogP contribution in [0.4, 0.5) is 5.69 Å². The molecule has 0 unspecified atom stereocenters. The zero-order chi connectivity index (χ0) is 16.5. The van der Waals surface area contributed by atoms with Crippen LogP contribution >= 0.6 is 0 Å². The van der Waals surface area contributed by atoms with E-state index in [1.165, 1.54) is 0 Å². The number of benzene rings is 1. The van der Waals surface area contributed by atoms with Crippen LogP contribution in [0.5, 0.6) is 0 Å². The second kappa shape index (κ2) is 6.09. The number of amides is 2. The molecule has 3 N–H and O–H groups in total. The monoisotopic (exact) mass is 326 g/mol. The van der Waals surface area contributed by atoms with Crippen molar-refractivity contribution >= 4 is 17.5 Å². The van der Waals surface area contributed by atoms with Gasteiger partial charge in [0.2, 0.25) is 11.8 Å². The first kappa shape index (κ1) is 14.9. The Morgan fingerprint density at radius 3 is 3.12 bits per heavy atom. The number of anilines is 1. The van der Waals surface area contributed by atoms with Crippen molar-refractivity contribution in [1.82, 2.24) is 15.5 Å².